The van der Waals surface area contributed by atoms with Gasteiger partial charge in [-0.05, 0) is 69.0 Å². The van der Waals surface area contributed by atoms with E-state index in [1.54, 1.807) is 26.0 Å². The lowest BCUT2D eigenvalue weighted by Gasteiger charge is -2.32. The Hall–Kier alpha value is -2.94. The number of aryl methyl sites for hydroxylation is 2. The van der Waals surface area contributed by atoms with Gasteiger partial charge in [0.15, 0.2) is 0 Å². The van der Waals surface area contributed by atoms with E-state index < -0.39 is 34.3 Å². The predicted octanol–water partition coefficient (Wildman–Crippen LogP) is 3.54. The number of amides is 2. The summed E-state index contributed by atoms with van der Waals surface area (Å²) in [5.41, 5.74) is 2.59. The van der Waals surface area contributed by atoms with Crippen molar-refractivity contribution in [2.45, 2.75) is 59.7 Å². The second kappa shape index (κ2) is 11.5. The molecule has 9 heteroatoms. The number of hydrogen-bond donors (Lipinski definition) is 1. The summed E-state index contributed by atoms with van der Waals surface area (Å²) in [5.74, 6) is -1.30. The van der Waals surface area contributed by atoms with E-state index in [1.165, 1.54) is 29.2 Å². The molecule has 0 saturated heterocycles. The fourth-order valence-electron chi connectivity index (χ4n) is 3.42. The highest BCUT2D eigenvalue weighted by Gasteiger charge is 2.31. The summed E-state index contributed by atoms with van der Waals surface area (Å²) in [6.45, 7) is 8.57. The topological polar surface area (TPSA) is 86.8 Å². The molecule has 186 valence electrons. The van der Waals surface area contributed by atoms with Crippen molar-refractivity contribution in [3.63, 3.8) is 0 Å². The number of anilines is 1. The first-order valence-electron chi connectivity index (χ1n) is 11.2. The van der Waals surface area contributed by atoms with E-state index in [0.29, 0.717) is 16.8 Å². The fraction of sp³-hybridized carbons (Fsp3) is 0.440. The first kappa shape index (κ1) is 27.3. The summed E-state index contributed by atoms with van der Waals surface area (Å²) in [7, 11) is -3.80. The number of benzene rings is 2. The molecule has 0 aliphatic rings. The lowest BCUT2D eigenvalue weighted by Crippen LogP contribution is -2.52. The van der Waals surface area contributed by atoms with Crippen molar-refractivity contribution in [2.24, 2.45) is 0 Å². The monoisotopic (exact) mass is 491 g/mol. The van der Waals surface area contributed by atoms with Crippen molar-refractivity contribution in [2.75, 3.05) is 17.1 Å². The van der Waals surface area contributed by atoms with Crippen LogP contribution in [0.4, 0.5) is 10.1 Å². The molecule has 2 rings (SSSR count). The Bertz CT molecular complexity index is 1120. The molecule has 0 unspecified atom stereocenters. The zero-order valence-electron chi connectivity index (χ0n) is 20.6. The highest BCUT2D eigenvalue weighted by Crippen LogP contribution is 2.24. The van der Waals surface area contributed by atoms with Crippen LogP contribution >= 0.6 is 0 Å². The van der Waals surface area contributed by atoms with Crippen LogP contribution in [0.3, 0.4) is 0 Å². The first-order chi connectivity index (χ1) is 15.8. The summed E-state index contributed by atoms with van der Waals surface area (Å²) in [4.78, 5) is 27.7. The molecule has 0 spiro atoms. The van der Waals surface area contributed by atoms with Gasteiger partial charge < -0.3 is 10.2 Å². The second-order valence-corrected chi connectivity index (χ2v) is 10.6. The molecule has 0 aliphatic heterocycles. The molecule has 7 nitrogen and oxygen atoms in total. The van der Waals surface area contributed by atoms with Crippen molar-refractivity contribution in [3.05, 3.63) is 65.0 Å². The standard InChI is InChI=1S/C25H34FN3O4S/c1-7-19(4)27-25(31)20(5)28(15-21-10-12-22(26)13-11-21)24(30)16-29(34(6,32)33)23-14-17(2)8-9-18(23)3/h8-14,19-20H,7,15-16H2,1-6H3,(H,27,31)/t19-,20+/m1/s1. The maximum absolute atomic E-state index is 13.5. The zero-order valence-corrected chi connectivity index (χ0v) is 21.4. The van der Waals surface area contributed by atoms with Crippen LogP contribution in [-0.2, 0) is 26.2 Å². The Morgan fingerprint density at radius 2 is 1.68 bits per heavy atom. The molecule has 0 heterocycles. The predicted molar refractivity (Wildman–Crippen MR) is 132 cm³/mol. The molecule has 0 saturated carbocycles. The smallest absolute Gasteiger partial charge is 0.244 e. The second-order valence-electron chi connectivity index (χ2n) is 8.70. The minimum Gasteiger partial charge on any atom is -0.352 e. The average Bonchev–Trinajstić information content (AvgIpc) is 2.77. The van der Waals surface area contributed by atoms with E-state index in [0.717, 1.165) is 22.5 Å². The summed E-state index contributed by atoms with van der Waals surface area (Å²) < 4.78 is 39.8. The van der Waals surface area contributed by atoms with Gasteiger partial charge in [0.25, 0.3) is 0 Å². The highest BCUT2D eigenvalue weighted by atomic mass is 32.2. The number of hydrogen-bond acceptors (Lipinski definition) is 4. The molecule has 2 aromatic carbocycles. The van der Waals surface area contributed by atoms with Crippen molar-refractivity contribution in [1.82, 2.24) is 10.2 Å². The van der Waals surface area contributed by atoms with Crippen LogP contribution in [0.1, 0.15) is 43.9 Å². The fourth-order valence-corrected chi connectivity index (χ4v) is 4.32. The molecular weight excluding hydrogens is 457 g/mol. The van der Waals surface area contributed by atoms with Crippen molar-refractivity contribution in [3.8, 4) is 0 Å². The summed E-state index contributed by atoms with van der Waals surface area (Å²) in [6, 6.07) is 10.1. The molecule has 2 aromatic rings. The molecule has 0 aromatic heterocycles. The van der Waals surface area contributed by atoms with Crippen LogP contribution in [0.25, 0.3) is 0 Å². The number of carbonyl (C=O) groups excluding carboxylic acids is 2. The van der Waals surface area contributed by atoms with Gasteiger partial charge in [-0.3, -0.25) is 13.9 Å². The van der Waals surface area contributed by atoms with Crippen molar-refractivity contribution < 1.29 is 22.4 Å². The zero-order chi connectivity index (χ0) is 25.6. The van der Waals surface area contributed by atoms with E-state index in [9.17, 15) is 22.4 Å². The maximum atomic E-state index is 13.5. The van der Waals surface area contributed by atoms with Crippen LogP contribution in [0.5, 0.6) is 0 Å². The largest absolute Gasteiger partial charge is 0.352 e. The normalized spacial score (nSPS) is 13.1. The summed E-state index contributed by atoms with van der Waals surface area (Å²) in [6.07, 6.45) is 1.77. The Balaban J connectivity index is 2.42. The van der Waals surface area contributed by atoms with Crippen LogP contribution in [0, 0.1) is 19.7 Å². The van der Waals surface area contributed by atoms with Gasteiger partial charge in [0.2, 0.25) is 21.8 Å². The third kappa shape index (κ3) is 7.28. The molecule has 34 heavy (non-hydrogen) atoms. The Morgan fingerprint density at radius 3 is 2.24 bits per heavy atom. The van der Waals surface area contributed by atoms with Gasteiger partial charge in [-0.2, -0.15) is 0 Å². The van der Waals surface area contributed by atoms with Crippen LogP contribution in [-0.4, -0.2) is 50.0 Å². The molecular formula is C25H34FN3O4S. The Morgan fingerprint density at radius 1 is 1.06 bits per heavy atom. The number of sulfonamides is 1. The third-order valence-electron chi connectivity index (χ3n) is 5.75. The number of nitrogens with one attached hydrogen (secondary N) is 1. The number of rotatable bonds is 10. The molecule has 0 radical (unpaired) electrons. The van der Waals surface area contributed by atoms with Crippen molar-refractivity contribution >= 4 is 27.5 Å². The SMILES string of the molecule is CC[C@@H](C)NC(=O)[C@H](C)N(Cc1ccc(F)cc1)C(=O)CN(c1cc(C)ccc1C)S(C)(=O)=O. The van der Waals surface area contributed by atoms with Gasteiger partial charge in [0, 0.05) is 12.6 Å². The van der Waals surface area contributed by atoms with Crippen LogP contribution in [0.15, 0.2) is 42.5 Å². The van der Waals surface area contributed by atoms with E-state index in [2.05, 4.69) is 5.32 Å². The third-order valence-corrected chi connectivity index (χ3v) is 6.87. The molecule has 0 aliphatic carbocycles. The summed E-state index contributed by atoms with van der Waals surface area (Å²) >= 11 is 0. The lowest BCUT2D eigenvalue weighted by atomic mass is 10.1. The van der Waals surface area contributed by atoms with Gasteiger partial charge >= 0.3 is 0 Å². The molecule has 0 bridgehead atoms. The van der Waals surface area contributed by atoms with Gasteiger partial charge in [-0.1, -0.05) is 31.2 Å². The quantitative estimate of drug-likeness (QED) is 0.551. The van der Waals surface area contributed by atoms with Gasteiger partial charge in [-0.15, -0.1) is 0 Å². The number of carbonyl (C=O) groups is 2. The summed E-state index contributed by atoms with van der Waals surface area (Å²) in [5, 5.41) is 2.87. The van der Waals surface area contributed by atoms with Crippen molar-refractivity contribution in [1.29, 1.82) is 0 Å². The number of halogens is 1. The average molecular weight is 492 g/mol. The molecule has 2 atom stereocenters. The molecule has 2 amide bonds. The van der Waals surface area contributed by atoms with E-state index >= 15 is 0 Å². The van der Waals surface area contributed by atoms with Gasteiger partial charge in [-0.25, -0.2) is 12.8 Å². The highest BCUT2D eigenvalue weighted by molar-refractivity contribution is 7.92. The van der Waals surface area contributed by atoms with E-state index in [-0.39, 0.29) is 18.5 Å². The molecule has 0 fully saturated rings. The van der Waals surface area contributed by atoms with Gasteiger partial charge in [0.1, 0.15) is 18.4 Å². The minimum atomic E-state index is -3.80. The van der Waals surface area contributed by atoms with E-state index in [1.807, 2.05) is 26.8 Å². The Kier molecular flexibility index (Phi) is 9.21. The minimum absolute atomic E-state index is 0.0264. The Labute approximate surface area is 202 Å². The first-order valence-corrected chi connectivity index (χ1v) is 13.1. The molecule has 1 N–H and O–H groups in total. The van der Waals surface area contributed by atoms with Crippen LogP contribution in [0.2, 0.25) is 0 Å². The lowest BCUT2D eigenvalue weighted by molar-refractivity contribution is -0.139. The van der Waals surface area contributed by atoms with Gasteiger partial charge in [0.05, 0.1) is 11.9 Å². The van der Waals surface area contributed by atoms with E-state index in [4.69, 9.17) is 0 Å². The number of nitrogens with zero attached hydrogens (tertiary/aromatic N) is 2. The maximum Gasteiger partial charge on any atom is 0.244 e. The van der Waals surface area contributed by atoms with Crippen LogP contribution < -0.4 is 9.62 Å².